The van der Waals surface area contributed by atoms with E-state index in [1.807, 2.05) is 13.0 Å². The third kappa shape index (κ3) is 3.17. The third-order valence-corrected chi connectivity index (χ3v) is 2.79. The number of hydrogen-bond donors (Lipinski definition) is 1. The number of nitrogens with zero attached hydrogens (tertiary/aromatic N) is 2. The van der Waals surface area contributed by atoms with Crippen LogP contribution in [-0.2, 0) is 0 Å². The summed E-state index contributed by atoms with van der Waals surface area (Å²) < 4.78 is 12.8. The van der Waals surface area contributed by atoms with E-state index in [2.05, 4.69) is 15.3 Å². The normalized spacial score (nSPS) is 12.2. The van der Waals surface area contributed by atoms with Gasteiger partial charge in [-0.05, 0) is 30.7 Å². The van der Waals surface area contributed by atoms with Gasteiger partial charge in [-0.3, -0.25) is 4.98 Å². The molecule has 0 bridgehead atoms. The van der Waals surface area contributed by atoms with Crippen molar-refractivity contribution in [1.29, 1.82) is 0 Å². The minimum absolute atomic E-state index is 0.0177. The summed E-state index contributed by atoms with van der Waals surface area (Å²) in [6, 6.07) is 6.68. The van der Waals surface area contributed by atoms with Gasteiger partial charge in [0, 0.05) is 11.9 Å². The summed E-state index contributed by atoms with van der Waals surface area (Å²) in [7, 11) is 0. The van der Waals surface area contributed by atoms with E-state index in [0.29, 0.717) is 5.15 Å². The highest BCUT2D eigenvalue weighted by Gasteiger charge is 2.10. The maximum Gasteiger partial charge on any atom is 0.141 e. The first-order valence-corrected chi connectivity index (χ1v) is 6.06. The first kappa shape index (κ1) is 12.8. The van der Waals surface area contributed by atoms with E-state index in [9.17, 15) is 4.39 Å². The Bertz CT molecular complexity index is 516. The zero-order valence-corrected chi connectivity index (χ0v) is 10.7. The van der Waals surface area contributed by atoms with Gasteiger partial charge >= 0.3 is 0 Å². The maximum absolute atomic E-state index is 12.8. The Balaban J connectivity index is 2.17. The number of anilines is 1. The molecule has 2 aromatic rings. The van der Waals surface area contributed by atoms with E-state index >= 15 is 0 Å². The van der Waals surface area contributed by atoms with Crippen LogP contribution in [0.2, 0.25) is 5.15 Å². The molecule has 1 atom stereocenters. The molecular formula is C13H13ClFN3. The zero-order chi connectivity index (χ0) is 13.0. The Hall–Kier alpha value is -1.68. The molecule has 0 saturated heterocycles. The average molecular weight is 266 g/mol. The van der Waals surface area contributed by atoms with Crippen LogP contribution in [0.25, 0.3) is 0 Å². The monoisotopic (exact) mass is 265 g/mol. The van der Waals surface area contributed by atoms with E-state index < -0.39 is 0 Å². The molecule has 18 heavy (non-hydrogen) atoms. The summed E-state index contributed by atoms with van der Waals surface area (Å²) >= 11 is 5.82. The van der Waals surface area contributed by atoms with Crippen molar-refractivity contribution in [2.45, 2.75) is 19.4 Å². The van der Waals surface area contributed by atoms with Crippen LogP contribution >= 0.6 is 11.6 Å². The number of rotatable bonds is 4. The van der Waals surface area contributed by atoms with Crippen LogP contribution in [0.4, 0.5) is 10.1 Å². The second kappa shape index (κ2) is 5.78. The van der Waals surface area contributed by atoms with Crippen molar-refractivity contribution >= 4 is 17.3 Å². The molecular weight excluding hydrogens is 253 g/mol. The molecule has 0 aromatic carbocycles. The molecule has 1 unspecified atom stereocenters. The standard InChI is InChI=1S/C13H13ClFN3/c1-2-11(12-4-3-9(15)8-17-12)18-10-5-6-16-13(14)7-10/h3-8,11H,2H2,1H3,(H,16,18). The van der Waals surface area contributed by atoms with E-state index in [4.69, 9.17) is 11.6 Å². The molecule has 1 N–H and O–H groups in total. The third-order valence-electron chi connectivity index (χ3n) is 2.58. The fraction of sp³-hybridized carbons (Fsp3) is 0.231. The zero-order valence-electron chi connectivity index (χ0n) is 9.90. The van der Waals surface area contributed by atoms with Gasteiger partial charge in [0.1, 0.15) is 11.0 Å². The number of halogens is 2. The Morgan fingerprint density at radius 3 is 2.78 bits per heavy atom. The topological polar surface area (TPSA) is 37.8 Å². The van der Waals surface area contributed by atoms with E-state index in [1.54, 1.807) is 18.3 Å². The number of aromatic nitrogens is 2. The van der Waals surface area contributed by atoms with Crippen molar-refractivity contribution in [2.24, 2.45) is 0 Å². The minimum Gasteiger partial charge on any atom is -0.377 e. The lowest BCUT2D eigenvalue weighted by molar-refractivity contribution is 0.614. The summed E-state index contributed by atoms with van der Waals surface area (Å²) in [5.74, 6) is -0.333. The van der Waals surface area contributed by atoms with E-state index in [0.717, 1.165) is 17.8 Å². The van der Waals surface area contributed by atoms with Crippen molar-refractivity contribution in [3.8, 4) is 0 Å². The van der Waals surface area contributed by atoms with Gasteiger partial charge in [0.25, 0.3) is 0 Å². The Morgan fingerprint density at radius 1 is 1.33 bits per heavy atom. The Kier molecular flexibility index (Phi) is 4.10. The van der Waals surface area contributed by atoms with Gasteiger partial charge in [-0.1, -0.05) is 18.5 Å². The van der Waals surface area contributed by atoms with Crippen molar-refractivity contribution < 1.29 is 4.39 Å². The van der Waals surface area contributed by atoms with Gasteiger partial charge in [0.05, 0.1) is 17.9 Å². The van der Waals surface area contributed by atoms with E-state index in [-0.39, 0.29) is 11.9 Å². The second-order valence-electron chi connectivity index (χ2n) is 3.87. The maximum atomic E-state index is 12.8. The number of nitrogens with one attached hydrogen (secondary N) is 1. The van der Waals surface area contributed by atoms with Gasteiger partial charge in [-0.15, -0.1) is 0 Å². The highest BCUT2D eigenvalue weighted by molar-refractivity contribution is 6.29. The van der Waals surface area contributed by atoms with Crippen molar-refractivity contribution in [1.82, 2.24) is 9.97 Å². The summed E-state index contributed by atoms with van der Waals surface area (Å²) in [5.41, 5.74) is 1.67. The van der Waals surface area contributed by atoms with Gasteiger partial charge in [0.15, 0.2) is 0 Å². The predicted octanol–water partition coefficient (Wildman–Crippen LogP) is 3.83. The van der Waals surface area contributed by atoms with Crippen molar-refractivity contribution in [3.05, 3.63) is 53.3 Å². The Labute approximate surface area is 110 Å². The highest BCUT2D eigenvalue weighted by atomic mass is 35.5. The molecule has 0 spiro atoms. The molecule has 0 radical (unpaired) electrons. The van der Waals surface area contributed by atoms with Crippen LogP contribution in [0, 0.1) is 5.82 Å². The van der Waals surface area contributed by atoms with Crippen LogP contribution in [0.1, 0.15) is 25.1 Å². The van der Waals surface area contributed by atoms with Crippen LogP contribution in [-0.4, -0.2) is 9.97 Å². The molecule has 2 rings (SSSR count). The Morgan fingerprint density at radius 2 is 2.17 bits per heavy atom. The smallest absolute Gasteiger partial charge is 0.141 e. The first-order chi connectivity index (χ1) is 8.69. The summed E-state index contributed by atoms with van der Waals surface area (Å²) in [6.45, 7) is 2.03. The van der Waals surface area contributed by atoms with E-state index in [1.165, 1.54) is 12.3 Å². The first-order valence-electron chi connectivity index (χ1n) is 5.68. The van der Waals surface area contributed by atoms with Crippen LogP contribution < -0.4 is 5.32 Å². The average Bonchev–Trinajstić information content (AvgIpc) is 2.37. The van der Waals surface area contributed by atoms with Gasteiger partial charge < -0.3 is 5.32 Å². The predicted molar refractivity (Wildman–Crippen MR) is 70.1 cm³/mol. The van der Waals surface area contributed by atoms with Gasteiger partial charge in [0.2, 0.25) is 0 Å². The molecule has 3 nitrogen and oxygen atoms in total. The molecule has 0 amide bonds. The fourth-order valence-electron chi connectivity index (χ4n) is 1.67. The molecule has 2 heterocycles. The molecule has 0 saturated carbocycles. The summed E-state index contributed by atoms with van der Waals surface area (Å²) in [6.07, 6.45) is 3.69. The van der Waals surface area contributed by atoms with Gasteiger partial charge in [-0.2, -0.15) is 0 Å². The molecule has 2 aromatic heterocycles. The second-order valence-corrected chi connectivity index (χ2v) is 4.26. The van der Waals surface area contributed by atoms with Crippen LogP contribution in [0.3, 0.4) is 0 Å². The molecule has 0 fully saturated rings. The quantitative estimate of drug-likeness (QED) is 0.854. The molecule has 0 aliphatic carbocycles. The van der Waals surface area contributed by atoms with Crippen molar-refractivity contribution in [3.63, 3.8) is 0 Å². The molecule has 0 aliphatic heterocycles. The largest absolute Gasteiger partial charge is 0.377 e. The number of hydrogen-bond acceptors (Lipinski definition) is 3. The lowest BCUT2D eigenvalue weighted by Gasteiger charge is -2.17. The highest BCUT2D eigenvalue weighted by Crippen LogP contribution is 2.22. The van der Waals surface area contributed by atoms with Crippen LogP contribution in [0.15, 0.2) is 36.7 Å². The summed E-state index contributed by atoms with van der Waals surface area (Å²) in [5, 5.41) is 3.73. The summed E-state index contributed by atoms with van der Waals surface area (Å²) in [4.78, 5) is 8.00. The molecule has 94 valence electrons. The van der Waals surface area contributed by atoms with Crippen molar-refractivity contribution in [2.75, 3.05) is 5.32 Å². The number of pyridine rings is 2. The molecule has 0 aliphatic rings. The fourth-order valence-corrected chi connectivity index (χ4v) is 1.85. The van der Waals surface area contributed by atoms with Crippen LogP contribution in [0.5, 0.6) is 0 Å². The molecule has 5 heteroatoms. The van der Waals surface area contributed by atoms with Gasteiger partial charge in [-0.25, -0.2) is 9.37 Å². The lowest BCUT2D eigenvalue weighted by atomic mass is 10.1. The minimum atomic E-state index is -0.333. The lowest BCUT2D eigenvalue weighted by Crippen LogP contribution is -2.11. The SMILES string of the molecule is CCC(Nc1ccnc(Cl)c1)c1ccc(F)cn1.